The van der Waals surface area contributed by atoms with Crippen molar-refractivity contribution >= 4 is 57.6 Å². The number of phenols is 1. The third-order valence-electron chi connectivity index (χ3n) is 3.98. The fourth-order valence-corrected chi connectivity index (χ4v) is 3.88. The van der Waals surface area contributed by atoms with Crippen molar-refractivity contribution < 1.29 is 19.6 Å². The van der Waals surface area contributed by atoms with Crippen LogP contribution in [0.15, 0.2) is 47.4 Å². The zero-order valence-electron chi connectivity index (χ0n) is 15.1. The summed E-state index contributed by atoms with van der Waals surface area (Å²) in [5.41, 5.74) is 1.60. The number of thiocarbonyl (C=S) groups is 1. The Morgan fingerprint density at radius 3 is 2.76 bits per heavy atom. The van der Waals surface area contributed by atoms with Crippen LogP contribution in [0.4, 0.5) is 11.4 Å². The van der Waals surface area contributed by atoms with Gasteiger partial charge in [-0.15, -0.1) is 0 Å². The number of aromatic hydroxyl groups is 1. The van der Waals surface area contributed by atoms with Crippen molar-refractivity contribution in [1.82, 2.24) is 4.90 Å². The number of amides is 2. The number of hydrogen-bond acceptors (Lipinski definition) is 7. The van der Waals surface area contributed by atoms with E-state index in [1.165, 1.54) is 11.0 Å². The minimum absolute atomic E-state index is 0.00124. The van der Waals surface area contributed by atoms with E-state index in [1.54, 1.807) is 6.08 Å². The number of anilines is 1. The molecule has 0 spiro atoms. The number of carbonyl (C=O) groups is 2. The van der Waals surface area contributed by atoms with Gasteiger partial charge < -0.3 is 10.4 Å². The zero-order valence-corrected chi connectivity index (χ0v) is 16.8. The first-order chi connectivity index (χ1) is 13.7. The lowest BCUT2D eigenvalue weighted by Crippen LogP contribution is -2.36. The number of nitro benzene ring substituents is 1. The predicted molar refractivity (Wildman–Crippen MR) is 114 cm³/mol. The van der Waals surface area contributed by atoms with Gasteiger partial charge in [-0.25, -0.2) is 0 Å². The number of nitrogens with one attached hydrogen (secondary N) is 1. The van der Waals surface area contributed by atoms with Crippen LogP contribution in [-0.4, -0.2) is 37.6 Å². The summed E-state index contributed by atoms with van der Waals surface area (Å²) in [6, 6.07) is 10.9. The van der Waals surface area contributed by atoms with Crippen molar-refractivity contribution in [2.45, 2.75) is 6.92 Å². The molecule has 1 fully saturated rings. The normalized spacial score (nSPS) is 15.1. The molecule has 0 aliphatic carbocycles. The van der Waals surface area contributed by atoms with Crippen LogP contribution in [0.2, 0.25) is 0 Å². The number of hydrogen-bond donors (Lipinski definition) is 2. The monoisotopic (exact) mass is 429 g/mol. The molecule has 1 saturated heterocycles. The summed E-state index contributed by atoms with van der Waals surface area (Å²) in [4.78, 5) is 36.6. The van der Waals surface area contributed by atoms with Crippen molar-refractivity contribution in [3.05, 3.63) is 68.6 Å². The number of phenolic OH excluding ortho intramolecular Hbond substituents is 1. The quantitative estimate of drug-likeness (QED) is 0.246. The highest BCUT2D eigenvalue weighted by Crippen LogP contribution is 2.33. The lowest BCUT2D eigenvalue weighted by atomic mass is 10.1. The number of rotatable bonds is 5. The molecule has 2 N–H and O–H groups in total. The van der Waals surface area contributed by atoms with E-state index in [0.717, 1.165) is 35.0 Å². The van der Waals surface area contributed by atoms with Gasteiger partial charge in [0.1, 0.15) is 16.6 Å². The molecule has 0 saturated carbocycles. The maximum atomic E-state index is 12.6. The van der Waals surface area contributed by atoms with E-state index < -0.39 is 16.6 Å². The second-order valence-corrected chi connectivity index (χ2v) is 7.86. The lowest BCUT2D eigenvalue weighted by Gasteiger charge is -2.14. The number of nitro groups is 1. The number of benzene rings is 2. The molecule has 8 nitrogen and oxygen atoms in total. The van der Waals surface area contributed by atoms with E-state index in [1.807, 2.05) is 31.2 Å². The number of aryl methyl sites for hydroxylation is 1. The van der Waals surface area contributed by atoms with Gasteiger partial charge in [0.15, 0.2) is 0 Å². The average molecular weight is 429 g/mol. The highest BCUT2D eigenvalue weighted by Gasteiger charge is 2.33. The second-order valence-electron chi connectivity index (χ2n) is 6.19. The summed E-state index contributed by atoms with van der Waals surface area (Å²) >= 11 is 6.32. The molecule has 10 heteroatoms. The van der Waals surface area contributed by atoms with Crippen molar-refractivity contribution in [2.75, 3.05) is 11.9 Å². The lowest BCUT2D eigenvalue weighted by molar-refractivity contribution is -0.384. The van der Waals surface area contributed by atoms with Crippen molar-refractivity contribution in [2.24, 2.45) is 0 Å². The van der Waals surface area contributed by atoms with Crippen LogP contribution in [0.25, 0.3) is 6.08 Å². The maximum Gasteiger partial charge on any atom is 0.273 e. The molecule has 1 aliphatic rings. The fourth-order valence-electron chi connectivity index (χ4n) is 2.62. The van der Waals surface area contributed by atoms with E-state index in [2.05, 4.69) is 5.32 Å². The molecule has 1 heterocycles. The van der Waals surface area contributed by atoms with Gasteiger partial charge >= 0.3 is 0 Å². The minimum Gasteiger partial charge on any atom is -0.506 e. The standard InChI is InChI=1S/C19H15N3O5S2/c1-11-3-2-4-12(7-11)8-16-18(25)21(19(28)29-16)10-17(24)20-14-6-5-13(22(26)27)9-15(14)23/h2-9,23H,10H2,1H3,(H,20,24)/b16-8-. The third-order valence-corrected chi connectivity index (χ3v) is 5.36. The van der Waals surface area contributed by atoms with E-state index in [9.17, 15) is 24.8 Å². The van der Waals surface area contributed by atoms with Gasteiger partial charge in [-0.3, -0.25) is 24.6 Å². The predicted octanol–water partition coefficient (Wildman–Crippen LogP) is 3.45. The molecular weight excluding hydrogens is 414 g/mol. The molecule has 1 aliphatic heterocycles. The van der Waals surface area contributed by atoms with Crippen LogP contribution in [0.5, 0.6) is 5.75 Å². The number of non-ortho nitro benzene ring substituents is 1. The van der Waals surface area contributed by atoms with Gasteiger partial charge in [0.2, 0.25) is 5.91 Å². The van der Waals surface area contributed by atoms with Crippen LogP contribution in [0, 0.1) is 17.0 Å². The maximum absolute atomic E-state index is 12.6. The summed E-state index contributed by atoms with van der Waals surface area (Å²) in [5, 5.41) is 23.0. The average Bonchev–Trinajstić information content (AvgIpc) is 2.90. The summed E-state index contributed by atoms with van der Waals surface area (Å²) in [6.45, 7) is 1.60. The van der Waals surface area contributed by atoms with Crippen LogP contribution in [0.1, 0.15) is 11.1 Å². The first kappa shape index (κ1) is 20.5. The number of carbonyl (C=O) groups excluding carboxylic acids is 2. The van der Waals surface area contributed by atoms with Crippen molar-refractivity contribution in [1.29, 1.82) is 0 Å². The molecule has 2 aromatic carbocycles. The minimum atomic E-state index is -0.661. The van der Waals surface area contributed by atoms with Gasteiger partial charge in [-0.1, -0.05) is 53.8 Å². The van der Waals surface area contributed by atoms with Crippen LogP contribution in [0.3, 0.4) is 0 Å². The van der Waals surface area contributed by atoms with Gasteiger partial charge in [-0.2, -0.15) is 0 Å². The van der Waals surface area contributed by atoms with E-state index >= 15 is 0 Å². The Bertz CT molecular complexity index is 1070. The first-order valence-corrected chi connectivity index (χ1v) is 9.56. The van der Waals surface area contributed by atoms with Crippen LogP contribution < -0.4 is 5.32 Å². The first-order valence-electron chi connectivity index (χ1n) is 8.34. The molecular formula is C19H15N3O5S2. The summed E-state index contributed by atoms with van der Waals surface area (Å²) in [7, 11) is 0. The van der Waals surface area contributed by atoms with Crippen LogP contribution >= 0.6 is 24.0 Å². The van der Waals surface area contributed by atoms with Crippen molar-refractivity contribution in [3.8, 4) is 5.75 Å². The second kappa shape index (κ2) is 8.41. The summed E-state index contributed by atoms with van der Waals surface area (Å²) < 4.78 is 0.247. The highest BCUT2D eigenvalue weighted by molar-refractivity contribution is 8.26. The molecule has 148 valence electrons. The molecule has 0 radical (unpaired) electrons. The Balaban J connectivity index is 1.70. The third kappa shape index (κ3) is 4.79. The highest BCUT2D eigenvalue weighted by atomic mass is 32.2. The molecule has 0 bridgehead atoms. The van der Waals surface area contributed by atoms with E-state index in [4.69, 9.17) is 12.2 Å². The number of nitrogens with zero attached hydrogens (tertiary/aromatic N) is 2. The molecule has 0 atom stereocenters. The van der Waals surface area contributed by atoms with Crippen LogP contribution in [-0.2, 0) is 9.59 Å². The SMILES string of the molecule is Cc1cccc(/C=C2\SC(=S)N(CC(=O)Nc3ccc([N+](=O)[O-])cc3O)C2=O)c1. The Hall–Kier alpha value is -3.24. The molecule has 29 heavy (non-hydrogen) atoms. The molecule has 0 aromatic heterocycles. The summed E-state index contributed by atoms with van der Waals surface area (Å²) in [6.07, 6.45) is 1.71. The van der Waals surface area contributed by atoms with Gasteiger partial charge in [0.25, 0.3) is 11.6 Å². The topological polar surface area (TPSA) is 113 Å². The van der Waals surface area contributed by atoms with Crippen molar-refractivity contribution in [3.63, 3.8) is 0 Å². The zero-order chi connectivity index (χ0) is 21.1. The van der Waals surface area contributed by atoms with E-state index in [-0.39, 0.29) is 28.1 Å². The molecule has 2 amide bonds. The van der Waals surface area contributed by atoms with Gasteiger partial charge in [0.05, 0.1) is 21.6 Å². The smallest absolute Gasteiger partial charge is 0.273 e. The largest absolute Gasteiger partial charge is 0.506 e. The van der Waals surface area contributed by atoms with Gasteiger partial charge in [0, 0.05) is 6.07 Å². The number of thioether (sulfide) groups is 1. The fraction of sp³-hybridized carbons (Fsp3) is 0.105. The molecule has 2 aromatic rings. The Morgan fingerprint density at radius 1 is 1.34 bits per heavy atom. The summed E-state index contributed by atoms with van der Waals surface area (Å²) in [5.74, 6) is -1.43. The Labute approximate surface area is 175 Å². The molecule has 0 unspecified atom stereocenters. The van der Waals surface area contributed by atoms with E-state index in [0.29, 0.717) is 4.91 Å². The Morgan fingerprint density at radius 2 is 2.10 bits per heavy atom. The molecule has 3 rings (SSSR count). The Kier molecular flexibility index (Phi) is 5.95. The van der Waals surface area contributed by atoms with Gasteiger partial charge in [-0.05, 0) is 24.6 Å².